The number of hydrogen-bond acceptors (Lipinski definition) is 2. The number of aromatic amines is 1. The summed E-state index contributed by atoms with van der Waals surface area (Å²) in [5.74, 6) is 0.112. The predicted octanol–water partition coefficient (Wildman–Crippen LogP) is 4.84. The van der Waals surface area contributed by atoms with Crippen LogP contribution in [0.15, 0.2) is 48.5 Å². The van der Waals surface area contributed by atoms with Crippen LogP contribution in [-0.2, 0) is 0 Å². The van der Waals surface area contributed by atoms with Crippen LogP contribution < -0.4 is 4.90 Å². The highest BCUT2D eigenvalue weighted by atomic mass is 35.5. The first-order valence-corrected chi connectivity index (χ1v) is 8.16. The maximum atomic E-state index is 9.15. The zero-order chi connectivity index (χ0) is 15.8. The van der Waals surface area contributed by atoms with Crippen molar-refractivity contribution in [3.63, 3.8) is 0 Å². The lowest BCUT2D eigenvalue weighted by molar-refractivity contribution is 0.755. The molecule has 1 aromatic heterocycles. The molecule has 1 atom stereocenters. The largest absolute Gasteiger partial charge is 0.370 e. The van der Waals surface area contributed by atoms with Gasteiger partial charge in [-0.15, -0.1) is 0 Å². The Morgan fingerprint density at radius 3 is 2.70 bits per heavy atom. The average Bonchev–Trinajstić information content (AvgIpc) is 3.20. The van der Waals surface area contributed by atoms with Crippen molar-refractivity contribution in [1.82, 2.24) is 4.98 Å². The van der Waals surface area contributed by atoms with E-state index >= 15 is 0 Å². The number of halogens is 1. The highest BCUT2D eigenvalue weighted by molar-refractivity contribution is 6.38. The summed E-state index contributed by atoms with van der Waals surface area (Å²) in [6, 6.07) is 18.7. The number of hydrogen-bond donors (Lipinski definition) is 1. The van der Waals surface area contributed by atoms with E-state index in [0.717, 1.165) is 52.4 Å². The van der Waals surface area contributed by atoms with Crippen molar-refractivity contribution in [1.29, 1.82) is 5.26 Å². The average molecular weight is 322 g/mol. The van der Waals surface area contributed by atoms with Gasteiger partial charge in [-0.1, -0.05) is 48.0 Å². The third-order valence-electron chi connectivity index (χ3n) is 4.53. The molecule has 2 aromatic carbocycles. The van der Waals surface area contributed by atoms with Gasteiger partial charge in [-0.2, -0.15) is 5.26 Å². The molecular formula is C19H16ClN3. The minimum Gasteiger partial charge on any atom is -0.370 e. The Labute approximate surface area is 140 Å². The second-order valence-corrected chi connectivity index (χ2v) is 6.32. The highest BCUT2D eigenvalue weighted by Gasteiger charge is 2.25. The Morgan fingerprint density at radius 2 is 1.91 bits per heavy atom. The van der Waals surface area contributed by atoms with E-state index in [0.29, 0.717) is 0 Å². The molecule has 3 aromatic rings. The molecule has 0 amide bonds. The molecule has 0 radical (unpaired) electrons. The van der Waals surface area contributed by atoms with Crippen LogP contribution in [-0.4, -0.2) is 18.1 Å². The fraction of sp³-hybridized carbons (Fsp3) is 0.211. The van der Waals surface area contributed by atoms with Crippen molar-refractivity contribution < 1.29 is 0 Å². The van der Waals surface area contributed by atoms with Crippen molar-refractivity contribution in [2.45, 2.75) is 6.42 Å². The first-order chi connectivity index (χ1) is 11.3. The monoisotopic (exact) mass is 321 g/mol. The lowest BCUT2D eigenvalue weighted by Crippen LogP contribution is -2.20. The molecule has 1 saturated heterocycles. The van der Waals surface area contributed by atoms with E-state index in [1.165, 1.54) is 0 Å². The van der Waals surface area contributed by atoms with E-state index in [2.05, 4.69) is 28.1 Å². The van der Waals surface area contributed by atoms with Crippen molar-refractivity contribution in [2.75, 3.05) is 18.0 Å². The van der Waals surface area contributed by atoms with Gasteiger partial charge in [0.1, 0.15) is 0 Å². The Morgan fingerprint density at radius 1 is 1.13 bits per heavy atom. The summed E-state index contributed by atoms with van der Waals surface area (Å²) in [7, 11) is 0. The second kappa shape index (κ2) is 5.64. The maximum absolute atomic E-state index is 9.15. The molecule has 1 N–H and O–H groups in total. The van der Waals surface area contributed by atoms with Crippen LogP contribution in [0.4, 0.5) is 5.69 Å². The van der Waals surface area contributed by atoms with E-state index in [1.54, 1.807) is 0 Å². The van der Waals surface area contributed by atoms with Crippen LogP contribution in [0.25, 0.3) is 22.2 Å². The minimum absolute atomic E-state index is 0.112. The number of nitrogens with one attached hydrogen (secondary N) is 1. The number of H-pyrrole nitrogens is 1. The van der Waals surface area contributed by atoms with Gasteiger partial charge in [0.15, 0.2) is 0 Å². The summed E-state index contributed by atoms with van der Waals surface area (Å²) in [6.45, 7) is 1.69. The molecule has 2 heterocycles. The van der Waals surface area contributed by atoms with E-state index in [-0.39, 0.29) is 5.92 Å². The van der Waals surface area contributed by atoms with Gasteiger partial charge in [-0.3, -0.25) is 0 Å². The molecule has 0 aliphatic carbocycles. The number of aromatic nitrogens is 1. The number of nitrogens with zero attached hydrogens (tertiary/aromatic N) is 2. The standard InChI is InChI=1S/C19H16ClN3/c20-18-14-5-1-3-7-16(14)22-19(18)15-6-2-4-8-17(15)23-10-9-13(11-21)12-23/h1-8,13,22H,9-10,12H2. The number of fused-ring (bicyclic) bond motifs is 1. The molecule has 4 heteroatoms. The molecule has 1 unspecified atom stereocenters. The molecule has 4 rings (SSSR count). The molecule has 1 fully saturated rings. The first-order valence-electron chi connectivity index (χ1n) is 7.78. The Balaban J connectivity index is 1.83. The minimum atomic E-state index is 0.112. The number of benzene rings is 2. The van der Waals surface area contributed by atoms with E-state index in [1.807, 2.05) is 36.4 Å². The molecule has 0 saturated carbocycles. The van der Waals surface area contributed by atoms with Crippen LogP contribution in [0, 0.1) is 17.2 Å². The number of rotatable bonds is 2. The highest BCUT2D eigenvalue weighted by Crippen LogP contribution is 2.40. The molecule has 0 spiro atoms. The maximum Gasteiger partial charge on any atom is 0.0741 e. The topological polar surface area (TPSA) is 42.8 Å². The van der Waals surface area contributed by atoms with Gasteiger partial charge in [0, 0.05) is 35.2 Å². The Bertz CT molecular complexity index is 906. The fourth-order valence-electron chi connectivity index (χ4n) is 3.34. The number of anilines is 1. The van der Waals surface area contributed by atoms with Crippen molar-refractivity contribution >= 4 is 28.2 Å². The third kappa shape index (κ3) is 2.36. The van der Waals surface area contributed by atoms with Crippen molar-refractivity contribution in [3.05, 3.63) is 53.6 Å². The van der Waals surface area contributed by atoms with Crippen LogP contribution >= 0.6 is 11.6 Å². The lowest BCUT2D eigenvalue weighted by Gasteiger charge is -2.21. The molecule has 114 valence electrons. The summed E-state index contributed by atoms with van der Waals surface area (Å²) in [5.41, 5.74) is 4.22. The first kappa shape index (κ1) is 14.2. The summed E-state index contributed by atoms with van der Waals surface area (Å²) in [6.07, 6.45) is 0.922. The van der Waals surface area contributed by atoms with Gasteiger partial charge in [0.2, 0.25) is 0 Å². The summed E-state index contributed by atoms with van der Waals surface area (Å²) < 4.78 is 0. The van der Waals surface area contributed by atoms with E-state index < -0.39 is 0 Å². The Kier molecular flexibility index (Phi) is 3.48. The zero-order valence-corrected chi connectivity index (χ0v) is 13.3. The molecule has 1 aliphatic rings. The third-order valence-corrected chi connectivity index (χ3v) is 4.92. The van der Waals surface area contributed by atoms with Crippen LogP contribution in [0.3, 0.4) is 0 Å². The second-order valence-electron chi connectivity index (χ2n) is 5.94. The predicted molar refractivity (Wildman–Crippen MR) is 94.7 cm³/mol. The molecular weight excluding hydrogens is 306 g/mol. The summed E-state index contributed by atoms with van der Waals surface area (Å²) in [5, 5.41) is 10.9. The van der Waals surface area contributed by atoms with E-state index in [4.69, 9.17) is 16.9 Å². The number of nitriles is 1. The van der Waals surface area contributed by atoms with Crippen molar-refractivity contribution in [2.24, 2.45) is 5.92 Å². The van der Waals surface area contributed by atoms with Gasteiger partial charge in [-0.05, 0) is 18.6 Å². The quantitative estimate of drug-likeness (QED) is 0.734. The molecule has 0 bridgehead atoms. The van der Waals surface area contributed by atoms with Crippen LogP contribution in [0.1, 0.15) is 6.42 Å². The van der Waals surface area contributed by atoms with Crippen LogP contribution in [0.5, 0.6) is 0 Å². The van der Waals surface area contributed by atoms with Gasteiger partial charge in [-0.25, -0.2) is 0 Å². The molecule has 23 heavy (non-hydrogen) atoms. The SMILES string of the molecule is N#CC1CCN(c2ccccc2-c2[nH]c3ccccc3c2Cl)C1. The Hall–Kier alpha value is -2.44. The molecule has 3 nitrogen and oxygen atoms in total. The van der Waals surface area contributed by atoms with Gasteiger partial charge < -0.3 is 9.88 Å². The number of para-hydroxylation sites is 2. The lowest BCUT2D eigenvalue weighted by atomic mass is 10.1. The normalized spacial score (nSPS) is 17.6. The fourth-order valence-corrected chi connectivity index (χ4v) is 3.65. The van der Waals surface area contributed by atoms with Crippen molar-refractivity contribution in [3.8, 4) is 17.3 Å². The zero-order valence-electron chi connectivity index (χ0n) is 12.6. The van der Waals surface area contributed by atoms with E-state index in [9.17, 15) is 0 Å². The van der Waals surface area contributed by atoms with Gasteiger partial charge >= 0.3 is 0 Å². The van der Waals surface area contributed by atoms with Gasteiger partial charge in [0.05, 0.1) is 22.7 Å². The van der Waals surface area contributed by atoms with Gasteiger partial charge in [0.25, 0.3) is 0 Å². The summed E-state index contributed by atoms with van der Waals surface area (Å²) in [4.78, 5) is 5.73. The van der Waals surface area contributed by atoms with Crippen LogP contribution in [0.2, 0.25) is 5.02 Å². The molecule has 1 aliphatic heterocycles. The summed E-state index contributed by atoms with van der Waals surface area (Å²) >= 11 is 6.62. The smallest absolute Gasteiger partial charge is 0.0741 e.